The SMILES string of the molecule is CC(C)(C)c1ccc(-c2nc3sc(=Cc4ccc(-c5ccccc5[N+](=O)[O-])o4)c(=O)n3n2)cc1. The van der Waals surface area contributed by atoms with Gasteiger partial charge in [-0.1, -0.05) is 68.5 Å². The predicted molar refractivity (Wildman–Crippen MR) is 131 cm³/mol. The molecular weight excluding hydrogens is 452 g/mol. The summed E-state index contributed by atoms with van der Waals surface area (Å²) in [4.78, 5) is 28.7. The van der Waals surface area contributed by atoms with E-state index in [9.17, 15) is 14.9 Å². The molecule has 3 heterocycles. The van der Waals surface area contributed by atoms with Crippen LogP contribution in [0.1, 0.15) is 32.1 Å². The lowest BCUT2D eigenvalue weighted by Gasteiger charge is -2.18. The highest BCUT2D eigenvalue weighted by Gasteiger charge is 2.18. The van der Waals surface area contributed by atoms with Crippen molar-refractivity contribution in [3.8, 4) is 22.7 Å². The van der Waals surface area contributed by atoms with Gasteiger partial charge in [0.25, 0.3) is 11.2 Å². The first-order valence-corrected chi connectivity index (χ1v) is 11.4. The molecule has 0 spiro atoms. The Kier molecular flexibility index (Phi) is 5.13. The molecule has 0 saturated heterocycles. The topological polar surface area (TPSA) is 104 Å². The number of hydrogen-bond donors (Lipinski definition) is 0. The van der Waals surface area contributed by atoms with Crippen molar-refractivity contribution in [2.45, 2.75) is 26.2 Å². The first kappa shape index (κ1) is 21.7. The van der Waals surface area contributed by atoms with Crippen LogP contribution in [0.2, 0.25) is 0 Å². The maximum Gasteiger partial charge on any atom is 0.291 e. The lowest BCUT2D eigenvalue weighted by molar-refractivity contribution is -0.384. The largest absolute Gasteiger partial charge is 0.456 e. The van der Waals surface area contributed by atoms with E-state index in [-0.39, 0.29) is 16.7 Å². The van der Waals surface area contributed by atoms with E-state index in [2.05, 4.69) is 30.9 Å². The minimum Gasteiger partial charge on any atom is -0.456 e. The van der Waals surface area contributed by atoms with Crippen LogP contribution in [0.4, 0.5) is 5.69 Å². The quantitative estimate of drug-likeness (QED) is 0.274. The van der Waals surface area contributed by atoms with Gasteiger partial charge in [0.05, 0.1) is 10.5 Å². The lowest BCUT2D eigenvalue weighted by atomic mass is 9.87. The van der Waals surface area contributed by atoms with Crippen molar-refractivity contribution >= 4 is 28.1 Å². The van der Waals surface area contributed by atoms with Crippen LogP contribution < -0.4 is 10.1 Å². The Morgan fingerprint density at radius 3 is 2.47 bits per heavy atom. The second-order valence-corrected chi connectivity index (χ2v) is 9.86. The summed E-state index contributed by atoms with van der Waals surface area (Å²) in [5.74, 6) is 1.26. The number of nitrogens with zero attached hydrogens (tertiary/aromatic N) is 4. The van der Waals surface area contributed by atoms with Crippen molar-refractivity contribution in [1.82, 2.24) is 14.6 Å². The van der Waals surface area contributed by atoms with Gasteiger partial charge in [-0.3, -0.25) is 14.9 Å². The molecule has 9 heteroatoms. The average Bonchev–Trinajstić information content (AvgIpc) is 3.51. The maximum atomic E-state index is 12.9. The predicted octanol–water partition coefficient (Wildman–Crippen LogP) is 4.83. The summed E-state index contributed by atoms with van der Waals surface area (Å²) in [6, 6.07) is 17.7. The van der Waals surface area contributed by atoms with Crippen LogP contribution in [-0.2, 0) is 5.41 Å². The summed E-state index contributed by atoms with van der Waals surface area (Å²) in [5.41, 5.74) is 2.12. The third-order valence-electron chi connectivity index (χ3n) is 5.46. The second-order valence-electron chi connectivity index (χ2n) is 8.85. The summed E-state index contributed by atoms with van der Waals surface area (Å²) < 4.78 is 7.48. The van der Waals surface area contributed by atoms with E-state index in [1.54, 1.807) is 36.4 Å². The molecule has 8 nitrogen and oxygen atoms in total. The Hall–Kier alpha value is -4.11. The molecule has 0 N–H and O–H groups in total. The van der Waals surface area contributed by atoms with Crippen LogP contribution in [0, 0.1) is 10.1 Å². The minimum atomic E-state index is -0.453. The van der Waals surface area contributed by atoms with Crippen molar-refractivity contribution < 1.29 is 9.34 Å². The van der Waals surface area contributed by atoms with Gasteiger partial charge in [0.15, 0.2) is 5.82 Å². The molecule has 0 aliphatic carbocycles. The van der Waals surface area contributed by atoms with E-state index in [0.717, 1.165) is 5.56 Å². The Labute approximate surface area is 198 Å². The minimum absolute atomic E-state index is 0.0462. The molecule has 0 unspecified atom stereocenters. The zero-order valence-corrected chi connectivity index (χ0v) is 19.5. The maximum absolute atomic E-state index is 12.9. The summed E-state index contributed by atoms with van der Waals surface area (Å²) in [6.07, 6.45) is 1.60. The van der Waals surface area contributed by atoms with E-state index in [1.807, 2.05) is 24.3 Å². The average molecular weight is 473 g/mol. The van der Waals surface area contributed by atoms with Gasteiger partial charge in [0, 0.05) is 17.7 Å². The number of para-hydroxylation sites is 1. The van der Waals surface area contributed by atoms with E-state index in [0.29, 0.717) is 32.4 Å². The van der Waals surface area contributed by atoms with Gasteiger partial charge in [-0.05, 0) is 29.2 Å². The van der Waals surface area contributed by atoms with Gasteiger partial charge in [-0.25, -0.2) is 0 Å². The van der Waals surface area contributed by atoms with Gasteiger partial charge in [0.2, 0.25) is 4.96 Å². The Balaban J connectivity index is 1.48. The Bertz CT molecular complexity index is 1640. The molecule has 0 saturated carbocycles. The number of fused-ring (bicyclic) bond motifs is 1. The molecule has 3 aromatic heterocycles. The van der Waals surface area contributed by atoms with Crippen molar-refractivity contribution in [1.29, 1.82) is 0 Å². The van der Waals surface area contributed by atoms with Gasteiger partial charge in [0.1, 0.15) is 16.1 Å². The van der Waals surface area contributed by atoms with Crippen LogP contribution in [0.5, 0.6) is 0 Å². The van der Waals surface area contributed by atoms with Gasteiger partial charge in [-0.2, -0.15) is 9.50 Å². The lowest BCUT2D eigenvalue weighted by Crippen LogP contribution is -2.23. The third-order valence-corrected chi connectivity index (χ3v) is 6.42. The number of benzene rings is 2. The highest BCUT2D eigenvalue weighted by Crippen LogP contribution is 2.31. The summed E-state index contributed by atoms with van der Waals surface area (Å²) >= 11 is 1.21. The molecule has 0 aliphatic heterocycles. The van der Waals surface area contributed by atoms with Gasteiger partial charge in [-0.15, -0.1) is 5.10 Å². The van der Waals surface area contributed by atoms with Gasteiger partial charge < -0.3 is 4.42 Å². The van der Waals surface area contributed by atoms with Crippen molar-refractivity contribution in [2.75, 3.05) is 0 Å². The highest BCUT2D eigenvalue weighted by atomic mass is 32.1. The fourth-order valence-electron chi connectivity index (χ4n) is 3.62. The molecule has 0 fully saturated rings. The number of nitro groups is 1. The van der Waals surface area contributed by atoms with Crippen LogP contribution in [-0.4, -0.2) is 19.5 Å². The molecule has 2 aromatic carbocycles. The fourth-order valence-corrected chi connectivity index (χ4v) is 4.51. The molecule has 34 heavy (non-hydrogen) atoms. The fraction of sp³-hybridized carbons (Fsp3) is 0.160. The van der Waals surface area contributed by atoms with Crippen LogP contribution in [0.25, 0.3) is 33.7 Å². The Morgan fingerprint density at radius 1 is 1.06 bits per heavy atom. The zero-order valence-electron chi connectivity index (χ0n) is 18.7. The molecule has 170 valence electrons. The number of nitro benzene ring substituents is 1. The van der Waals surface area contributed by atoms with E-state index in [4.69, 9.17) is 4.42 Å². The van der Waals surface area contributed by atoms with Crippen molar-refractivity contribution in [3.63, 3.8) is 0 Å². The summed E-state index contributed by atoms with van der Waals surface area (Å²) in [7, 11) is 0. The number of rotatable bonds is 4. The van der Waals surface area contributed by atoms with Crippen LogP contribution in [0.3, 0.4) is 0 Å². The molecule has 0 radical (unpaired) electrons. The summed E-state index contributed by atoms with van der Waals surface area (Å²) in [5, 5.41) is 15.7. The monoisotopic (exact) mass is 472 g/mol. The second kappa shape index (κ2) is 8.03. The standard InChI is InChI=1S/C25H20N4O4S/c1-25(2,3)16-10-8-15(9-11-16)22-26-24-28(27-22)23(30)21(34-24)14-17-12-13-20(33-17)18-6-4-5-7-19(18)29(31)32/h4-14H,1-3H3. The first-order valence-electron chi connectivity index (χ1n) is 10.6. The van der Waals surface area contributed by atoms with E-state index in [1.165, 1.54) is 27.5 Å². The van der Waals surface area contributed by atoms with Crippen LogP contribution >= 0.6 is 11.3 Å². The van der Waals surface area contributed by atoms with E-state index >= 15 is 0 Å². The normalized spacial score (nSPS) is 12.5. The number of thiazole rings is 1. The number of furan rings is 1. The molecule has 5 rings (SSSR count). The first-order chi connectivity index (χ1) is 16.2. The smallest absolute Gasteiger partial charge is 0.291 e. The van der Waals surface area contributed by atoms with Crippen molar-refractivity contribution in [2.24, 2.45) is 0 Å². The molecule has 0 aliphatic rings. The van der Waals surface area contributed by atoms with Crippen molar-refractivity contribution in [3.05, 3.63) is 97.0 Å². The van der Waals surface area contributed by atoms with Gasteiger partial charge >= 0.3 is 0 Å². The molecule has 0 bridgehead atoms. The Morgan fingerprint density at radius 2 is 1.79 bits per heavy atom. The van der Waals surface area contributed by atoms with E-state index < -0.39 is 4.92 Å². The number of aromatic nitrogens is 3. The summed E-state index contributed by atoms with van der Waals surface area (Å²) in [6.45, 7) is 6.45. The molecule has 0 atom stereocenters. The molecule has 5 aromatic rings. The zero-order chi connectivity index (χ0) is 24.0. The molecular formula is C25H20N4O4S. The molecule has 0 amide bonds. The third kappa shape index (κ3) is 3.90. The number of hydrogen-bond acceptors (Lipinski definition) is 7. The van der Waals surface area contributed by atoms with Crippen LogP contribution in [0.15, 0.2) is 69.9 Å². The highest BCUT2D eigenvalue weighted by molar-refractivity contribution is 7.15.